The zero-order valence-electron chi connectivity index (χ0n) is 13.8. The number of rotatable bonds is 4. The number of pyridine rings is 1. The van der Waals surface area contributed by atoms with E-state index in [2.05, 4.69) is 15.3 Å². The summed E-state index contributed by atoms with van der Waals surface area (Å²) in [7, 11) is 0. The summed E-state index contributed by atoms with van der Waals surface area (Å²) in [6, 6.07) is 18.2. The second kappa shape index (κ2) is 6.68. The Labute approximate surface area is 149 Å². The van der Waals surface area contributed by atoms with Gasteiger partial charge in [-0.25, -0.2) is 4.98 Å². The molecule has 0 aliphatic carbocycles. The zero-order valence-corrected chi connectivity index (χ0v) is 13.8. The monoisotopic (exact) mass is 344 g/mol. The number of nitrogens with one attached hydrogen (secondary N) is 2. The first kappa shape index (κ1) is 15.8. The van der Waals surface area contributed by atoms with Crippen molar-refractivity contribution in [2.45, 2.75) is 6.54 Å². The van der Waals surface area contributed by atoms with Gasteiger partial charge in [0, 0.05) is 35.1 Å². The Balaban J connectivity index is 1.55. The molecule has 2 aromatic heterocycles. The maximum atomic E-state index is 12.5. The highest BCUT2D eigenvalue weighted by molar-refractivity contribution is 5.94. The van der Waals surface area contributed by atoms with Crippen LogP contribution in [0.2, 0.25) is 0 Å². The summed E-state index contributed by atoms with van der Waals surface area (Å²) < 4.78 is 1.91. The van der Waals surface area contributed by atoms with E-state index >= 15 is 0 Å². The quantitative estimate of drug-likeness (QED) is 0.597. The van der Waals surface area contributed by atoms with Gasteiger partial charge in [-0.15, -0.1) is 0 Å². The molecule has 0 spiro atoms. The average molecular weight is 344 g/mol. The lowest BCUT2D eigenvalue weighted by Crippen LogP contribution is -2.26. The van der Waals surface area contributed by atoms with E-state index in [1.165, 1.54) is 6.07 Å². The van der Waals surface area contributed by atoms with Crippen LogP contribution in [0.3, 0.4) is 0 Å². The average Bonchev–Trinajstić information content (AvgIpc) is 3.15. The number of carbonyl (C=O) groups excluding carboxylic acids is 1. The van der Waals surface area contributed by atoms with E-state index in [-0.39, 0.29) is 23.6 Å². The second-order valence-electron chi connectivity index (χ2n) is 5.82. The predicted molar refractivity (Wildman–Crippen MR) is 99.3 cm³/mol. The third-order valence-corrected chi connectivity index (χ3v) is 4.14. The third-order valence-electron chi connectivity index (χ3n) is 4.14. The van der Waals surface area contributed by atoms with Crippen LogP contribution in [0.1, 0.15) is 16.3 Å². The lowest BCUT2D eigenvalue weighted by molar-refractivity contribution is 0.0945. The Morgan fingerprint density at radius 1 is 1.08 bits per heavy atom. The molecule has 0 fully saturated rings. The van der Waals surface area contributed by atoms with E-state index in [9.17, 15) is 9.59 Å². The number of benzene rings is 2. The Bertz CT molecular complexity index is 1130. The number of amides is 1. The number of para-hydroxylation sites is 2. The lowest BCUT2D eigenvalue weighted by atomic mass is 10.2. The van der Waals surface area contributed by atoms with Crippen molar-refractivity contribution in [3.63, 3.8) is 0 Å². The highest BCUT2D eigenvalue weighted by Gasteiger charge is 2.11. The summed E-state index contributed by atoms with van der Waals surface area (Å²) in [5.74, 6) is 0.350. The van der Waals surface area contributed by atoms with Crippen LogP contribution in [0.5, 0.6) is 0 Å². The number of aromatic amines is 1. The van der Waals surface area contributed by atoms with Crippen LogP contribution < -0.4 is 10.7 Å². The molecule has 0 unspecified atom stereocenters. The maximum absolute atomic E-state index is 12.5. The standard InChI is InChI=1S/C20H16N4O2/c25-18-12-17(23-16-9-5-4-8-15(16)18)20(26)22-13-19-21-10-11-24(19)14-6-2-1-3-7-14/h1-12H,13H2,(H,22,26)(H,23,25). The number of hydrogen-bond acceptors (Lipinski definition) is 3. The van der Waals surface area contributed by atoms with Gasteiger partial charge in [-0.3, -0.25) is 9.59 Å². The van der Waals surface area contributed by atoms with Gasteiger partial charge < -0.3 is 14.9 Å². The number of fused-ring (bicyclic) bond motifs is 1. The minimum atomic E-state index is -0.351. The first-order valence-corrected chi connectivity index (χ1v) is 8.20. The molecule has 4 rings (SSSR count). The molecule has 0 saturated heterocycles. The van der Waals surface area contributed by atoms with Crippen molar-refractivity contribution in [2.24, 2.45) is 0 Å². The van der Waals surface area contributed by atoms with E-state index in [0.29, 0.717) is 16.7 Å². The zero-order chi connectivity index (χ0) is 17.9. The number of imidazole rings is 1. The highest BCUT2D eigenvalue weighted by atomic mass is 16.2. The summed E-state index contributed by atoms with van der Waals surface area (Å²) in [5.41, 5.74) is 1.64. The lowest BCUT2D eigenvalue weighted by Gasteiger charge is -2.09. The summed E-state index contributed by atoms with van der Waals surface area (Å²) in [6.45, 7) is 0.246. The number of hydrogen-bond donors (Lipinski definition) is 2. The minimum absolute atomic E-state index is 0.185. The molecular weight excluding hydrogens is 328 g/mol. The summed E-state index contributed by atoms with van der Waals surface area (Å²) in [6.07, 6.45) is 3.53. The van der Waals surface area contributed by atoms with Gasteiger partial charge in [0.25, 0.3) is 5.91 Å². The SMILES string of the molecule is O=C(NCc1nccn1-c1ccccc1)c1cc(=O)c2ccccc2[nH]1. The van der Waals surface area contributed by atoms with Crippen LogP contribution in [0.4, 0.5) is 0 Å². The van der Waals surface area contributed by atoms with E-state index in [0.717, 1.165) is 5.69 Å². The van der Waals surface area contributed by atoms with Gasteiger partial charge in [0.15, 0.2) is 5.43 Å². The van der Waals surface area contributed by atoms with Crippen LogP contribution >= 0.6 is 0 Å². The molecule has 1 amide bonds. The second-order valence-corrected chi connectivity index (χ2v) is 5.82. The Morgan fingerprint density at radius 2 is 1.85 bits per heavy atom. The van der Waals surface area contributed by atoms with Crippen molar-refractivity contribution in [1.29, 1.82) is 0 Å². The molecule has 6 heteroatoms. The van der Waals surface area contributed by atoms with Gasteiger partial charge in [0.05, 0.1) is 6.54 Å². The smallest absolute Gasteiger partial charge is 0.268 e. The first-order chi connectivity index (χ1) is 12.7. The van der Waals surface area contributed by atoms with Crippen molar-refractivity contribution < 1.29 is 4.79 Å². The highest BCUT2D eigenvalue weighted by Crippen LogP contribution is 2.10. The fraction of sp³-hybridized carbons (Fsp3) is 0.0500. The van der Waals surface area contributed by atoms with Gasteiger partial charge >= 0.3 is 0 Å². The molecule has 0 atom stereocenters. The molecule has 0 bridgehead atoms. The number of aromatic nitrogens is 3. The molecule has 0 aliphatic rings. The maximum Gasteiger partial charge on any atom is 0.268 e. The molecular formula is C20H16N4O2. The largest absolute Gasteiger partial charge is 0.350 e. The third kappa shape index (κ3) is 3.00. The number of nitrogens with zero attached hydrogens (tertiary/aromatic N) is 2. The van der Waals surface area contributed by atoms with Gasteiger partial charge in [-0.05, 0) is 24.3 Å². The molecule has 0 saturated carbocycles. The molecule has 6 nitrogen and oxygen atoms in total. The minimum Gasteiger partial charge on any atom is -0.350 e. The molecule has 2 heterocycles. The van der Waals surface area contributed by atoms with Gasteiger partial charge in [-0.2, -0.15) is 0 Å². The molecule has 0 radical (unpaired) electrons. The van der Waals surface area contributed by atoms with E-state index in [4.69, 9.17) is 0 Å². The molecule has 128 valence electrons. The van der Waals surface area contributed by atoms with Gasteiger partial charge in [0.1, 0.15) is 11.5 Å². The number of carbonyl (C=O) groups is 1. The van der Waals surface area contributed by atoms with Gasteiger partial charge in [0.2, 0.25) is 0 Å². The molecule has 4 aromatic rings. The topological polar surface area (TPSA) is 79.8 Å². The van der Waals surface area contributed by atoms with Crippen LogP contribution in [-0.2, 0) is 6.54 Å². The Hall–Kier alpha value is -3.67. The summed E-state index contributed by atoms with van der Waals surface area (Å²) in [4.78, 5) is 31.9. The van der Waals surface area contributed by atoms with E-state index in [1.807, 2.05) is 47.2 Å². The van der Waals surface area contributed by atoms with Crippen LogP contribution in [0, 0.1) is 0 Å². The fourth-order valence-electron chi connectivity index (χ4n) is 2.86. The molecule has 0 aliphatic heterocycles. The molecule has 2 aromatic carbocycles. The van der Waals surface area contributed by atoms with Crippen LogP contribution in [-0.4, -0.2) is 20.4 Å². The Morgan fingerprint density at radius 3 is 2.69 bits per heavy atom. The Kier molecular flexibility index (Phi) is 4.07. The van der Waals surface area contributed by atoms with Gasteiger partial charge in [-0.1, -0.05) is 30.3 Å². The normalized spacial score (nSPS) is 10.8. The molecule has 26 heavy (non-hydrogen) atoms. The van der Waals surface area contributed by atoms with Crippen LogP contribution in [0.25, 0.3) is 16.6 Å². The van der Waals surface area contributed by atoms with Crippen molar-refractivity contribution in [2.75, 3.05) is 0 Å². The van der Waals surface area contributed by atoms with Crippen LogP contribution in [0.15, 0.2) is 77.9 Å². The first-order valence-electron chi connectivity index (χ1n) is 8.20. The van der Waals surface area contributed by atoms with Crippen molar-refractivity contribution in [3.8, 4) is 5.69 Å². The number of H-pyrrole nitrogens is 1. The fourth-order valence-corrected chi connectivity index (χ4v) is 2.86. The van der Waals surface area contributed by atoms with Crippen molar-refractivity contribution >= 4 is 16.8 Å². The van der Waals surface area contributed by atoms with Crippen molar-refractivity contribution in [3.05, 3.63) is 94.8 Å². The summed E-state index contributed by atoms with van der Waals surface area (Å²) >= 11 is 0. The summed E-state index contributed by atoms with van der Waals surface area (Å²) in [5, 5.41) is 3.37. The predicted octanol–water partition coefficient (Wildman–Crippen LogP) is 2.64. The van der Waals surface area contributed by atoms with E-state index < -0.39 is 0 Å². The van der Waals surface area contributed by atoms with Crippen molar-refractivity contribution in [1.82, 2.24) is 19.9 Å². The molecule has 2 N–H and O–H groups in total. The van der Waals surface area contributed by atoms with E-state index in [1.54, 1.807) is 24.4 Å².